The Morgan fingerprint density at radius 1 is 1.41 bits per heavy atom. The fraction of sp³-hybridized carbons (Fsp3) is 0.462. The summed E-state index contributed by atoms with van der Waals surface area (Å²) in [6.07, 6.45) is 1.48. The van der Waals surface area contributed by atoms with E-state index in [1.54, 1.807) is 0 Å². The Kier molecular flexibility index (Phi) is 3.07. The lowest BCUT2D eigenvalue weighted by Crippen LogP contribution is -2.46. The first-order valence-corrected chi connectivity index (χ1v) is 5.75. The highest BCUT2D eigenvalue weighted by Crippen LogP contribution is 2.21. The van der Waals surface area contributed by atoms with Gasteiger partial charge < -0.3 is 14.6 Å². The summed E-state index contributed by atoms with van der Waals surface area (Å²) in [5.74, 6) is 0. The molecule has 0 aliphatic heterocycles. The van der Waals surface area contributed by atoms with Gasteiger partial charge >= 0.3 is 0 Å². The van der Waals surface area contributed by atoms with Crippen LogP contribution in [-0.4, -0.2) is 31.2 Å². The lowest BCUT2D eigenvalue weighted by molar-refractivity contribution is 0.428. The van der Waals surface area contributed by atoms with Crippen molar-refractivity contribution in [3.8, 4) is 0 Å². The molecule has 4 heteroatoms. The molecule has 0 fully saturated rings. The minimum atomic E-state index is 0.0745. The highest BCUT2D eigenvalue weighted by Gasteiger charge is 2.17. The van der Waals surface area contributed by atoms with Gasteiger partial charge in [-0.05, 0) is 33.0 Å². The van der Waals surface area contributed by atoms with E-state index < -0.39 is 0 Å². The van der Waals surface area contributed by atoms with E-state index in [-0.39, 0.29) is 5.54 Å². The summed E-state index contributed by atoms with van der Waals surface area (Å²) < 4.78 is 5.31. The maximum atomic E-state index is 5.31. The van der Waals surface area contributed by atoms with E-state index >= 15 is 0 Å². The normalized spacial score (nSPS) is 12.0. The molecule has 0 saturated heterocycles. The van der Waals surface area contributed by atoms with E-state index in [0.717, 1.165) is 23.3 Å². The molecule has 0 atom stereocenters. The van der Waals surface area contributed by atoms with E-state index in [9.17, 15) is 0 Å². The van der Waals surface area contributed by atoms with Gasteiger partial charge in [0.2, 0.25) is 0 Å². The van der Waals surface area contributed by atoms with Gasteiger partial charge in [-0.15, -0.1) is 0 Å². The van der Waals surface area contributed by atoms with E-state index in [1.165, 1.54) is 6.39 Å². The number of benzene rings is 1. The van der Waals surface area contributed by atoms with Crippen LogP contribution in [0.2, 0.25) is 0 Å². The Bertz CT molecular complexity index is 504. The molecule has 0 unspecified atom stereocenters. The lowest BCUT2D eigenvalue weighted by atomic mass is 10.1. The van der Waals surface area contributed by atoms with Crippen molar-refractivity contribution in [1.82, 2.24) is 10.3 Å². The van der Waals surface area contributed by atoms with Crippen molar-refractivity contribution >= 4 is 16.8 Å². The average molecular weight is 233 g/mol. The summed E-state index contributed by atoms with van der Waals surface area (Å²) in [4.78, 5) is 6.32. The fourth-order valence-electron chi connectivity index (χ4n) is 1.84. The van der Waals surface area contributed by atoms with Gasteiger partial charge in [-0.25, -0.2) is 4.98 Å². The van der Waals surface area contributed by atoms with Crippen LogP contribution in [0.3, 0.4) is 0 Å². The number of rotatable bonds is 4. The molecule has 0 aliphatic carbocycles. The molecule has 0 amide bonds. The standard InChI is InChI=1S/C13H19N3O/c1-13(2,14-3)8-16(4)10-5-6-11-12(7-10)17-9-15-11/h5-7,9,14H,8H2,1-4H3. The number of aromatic nitrogens is 1. The van der Waals surface area contributed by atoms with Gasteiger partial charge in [0.25, 0.3) is 0 Å². The van der Waals surface area contributed by atoms with Crippen LogP contribution in [0, 0.1) is 0 Å². The second kappa shape index (κ2) is 4.37. The molecule has 17 heavy (non-hydrogen) atoms. The van der Waals surface area contributed by atoms with Gasteiger partial charge in [-0.2, -0.15) is 0 Å². The third-order valence-electron chi connectivity index (χ3n) is 3.06. The second-order valence-electron chi connectivity index (χ2n) is 4.99. The van der Waals surface area contributed by atoms with Crippen molar-refractivity contribution in [1.29, 1.82) is 0 Å². The summed E-state index contributed by atoms with van der Waals surface area (Å²) in [7, 11) is 4.06. The van der Waals surface area contributed by atoms with Gasteiger partial charge in [-0.3, -0.25) is 0 Å². The molecule has 2 rings (SSSR count). The molecule has 92 valence electrons. The summed E-state index contributed by atoms with van der Waals surface area (Å²) in [5.41, 5.74) is 2.94. The summed E-state index contributed by atoms with van der Waals surface area (Å²) in [6, 6.07) is 6.07. The van der Waals surface area contributed by atoms with Crippen molar-refractivity contribution in [3.63, 3.8) is 0 Å². The van der Waals surface area contributed by atoms with Crippen LogP contribution >= 0.6 is 0 Å². The third kappa shape index (κ3) is 2.58. The van der Waals surface area contributed by atoms with Crippen LogP contribution in [0.5, 0.6) is 0 Å². The highest BCUT2D eigenvalue weighted by atomic mass is 16.3. The number of fused-ring (bicyclic) bond motifs is 1. The first-order valence-electron chi connectivity index (χ1n) is 5.75. The quantitative estimate of drug-likeness (QED) is 0.879. The topological polar surface area (TPSA) is 41.3 Å². The first kappa shape index (κ1) is 11.9. The number of nitrogens with one attached hydrogen (secondary N) is 1. The maximum absolute atomic E-state index is 5.31. The Labute approximate surface area is 102 Å². The van der Waals surface area contributed by atoms with E-state index in [1.807, 2.05) is 19.2 Å². The minimum absolute atomic E-state index is 0.0745. The van der Waals surface area contributed by atoms with Gasteiger partial charge in [0.1, 0.15) is 5.52 Å². The van der Waals surface area contributed by atoms with Crippen molar-refractivity contribution in [2.24, 2.45) is 0 Å². The molecular weight excluding hydrogens is 214 g/mol. The average Bonchev–Trinajstić information content (AvgIpc) is 2.75. The zero-order valence-electron chi connectivity index (χ0n) is 10.8. The lowest BCUT2D eigenvalue weighted by Gasteiger charge is -2.31. The molecule has 2 aromatic rings. The predicted octanol–water partition coefficient (Wildman–Crippen LogP) is 2.26. The number of oxazole rings is 1. The van der Waals surface area contributed by atoms with Gasteiger partial charge in [0, 0.05) is 30.9 Å². The van der Waals surface area contributed by atoms with Crippen LogP contribution < -0.4 is 10.2 Å². The molecule has 1 aromatic carbocycles. The van der Waals surface area contributed by atoms with E-state index in [0.29, 0.717) is 0 Å². The SMILES string of the molecule is CNC(C)(C)CN(C)c1ccc2ncoc2c1. The maximum Gasteiger partial charge on any atom is 0.181 e. The molecule has 0 bridgehead atoms. The van der Waals surface area contributed by atoms with Crippen molar-refractivity contribution < 1.29 is 4.42 Å². The summed E-state index contributed by atoms with van der Waals surface area (Å²) in [5, 5.41) is 3.30. The van der Waals surface area contributed by atoms with Crippen molar-refractivity contribution in [2.75, 3.05) is 25.5 Å². The summed E-state index contributed by atoms with van der Waals surface area (Å²) in [6.45, 7) is 5.27. The monoisotopic (exact) mass is 233 g/mol. The second-order valence-corrected chi connectivity index (χ2v) is 4.99. The van der Waals surface area contributed by atoms with Crippen LogP contribution in [0.25, 0.3) is 11.1 Å². The molecule has 1 aromatic heterocycles. The third-order valence-corrected chi connectivity index (χ3v) is 3.06. The zero-order valence-corrected chi connectivity index (χ0v) is 10.8. The fourth-order valence-corrected chi connectivity index (χ4v) is 1.84. The molecule has 0 spiro atoms. The summed E-state index contributed by atoms with van der Waals surface area (Å²) >= 11 is 0. The number of hydrogen-bond donors (Lipinski definition) is 1. The molecular formula is C13H19N3O. The predicted molar refractivity (Wildman–Crippen MR) is 70.4 cm³/mol. The number of anilines is 1. The van der Waals surface area contributed by atoms with Gasteiger partial charge in [0.15, 0.2) is 12.0 Å². The molecule has 1 N–H and O–H groups in total. The van der Waals surface area contributed by atoms with Crippen LogP contribution in [0.1, 0.15) is 13.8 Å². The van der Waals surface area contributed by atoms with Crippen LogP contribution in [-0.2, 0) is 0 Å². The van der Waals surface area contributed by atoms with Crippen LogP contribution in [0.15, 0.2) is 29.0 Å². The Balaban J connectivity index is 2.21. The molecule has 4 nitrogen and oxygen atoms in total. The van der Waals surface area contributed by atoms with Crippen molar-refractivity contribution in [2.45, 2.75) is 19.4 Å². The number of hydrogen-bond acceptors (Lipinski definition) is 4. The minimum Gasteiger partial charge on any atom is -0.443 e. The Morgan fingerprint density at radius 2 is 2.18 bits per heavy atom. The van der Waals surface area contributed by atoms with Gasteiger partial charge in [-0.1, -0.05) is 0 Å². The number of nitrogens with zero attached hydrogens (tertiary/aromatic N) is 2. The Hall–Kier alpha value is -1.55. The number of likely N-dealkylation sites (N-methyl/N-ethyl adjacent to an activating group) is 2. The van der Waals surface area contributed by atoms with Gasteiger partial charge in [0.05, 0.1) is 0 Å². The van der Waals surface area contributed by atoms with Crippen LogP contribution in [0.4, 0.5) is 5.69 Å². The smallest absolute Gasteiger partial charge is 0.181 e. The zero-order chi connectivity index (χ0) is 12.5. The molecule has 0 aliphatic rings. The van der Waals surface area contributed by atoms with Crippen molar-refractivity contribution in [3.05, 3.63) is 24.6 Å². The van der Waals surface area contributed by atoms with E-state index in [4.69, 9.17) is 4.42 Å². The molecule has 0 radical (unpaired) electrons. The largest absolute Gasteiger partial charge is 0.443 e. The molecule has 1 heterocycles. The van der Waals surface area contributed by atoms with E-state index in [2.05, 4.69) is 42.2 Å². The Morgan fingerprint density at radius 3 is 2.88 bits per heavy atom. The highest BCUT2D eigenvalue weighted by molar-refractivity contribution is 5.77. The first-order chi connectivity index (χ1) is 8.02. The molecule has 0 saturated carbocycles.